The molecular formula is C13H21NO2S. The molecule has 0 aromatic heterocycles. The highest BCUT2D eigenvalue weighted by atomic mass is 32.2. The molecule has 0 aliphatic rings. The summed E-state index contributed by atoms with van der Waals surface area (Å²) in [6.07, 6.45) is 1.05. The maximum absolute atomic E-state index is 11.9. The molecule has 0 saturated carbocycles. The third kappa shape index (κ3) is 3.82. The lowest BCUT2D eigenvalue weighted by molar-refractivity contribution is 0.570. The zero-order valence-electron chi connectivity index (χ0n) is 10.9. The number of rotatable bonds is 5. The third-order valence-electron chi connectivity index (χ3n) is 2.76. The summed E-state index contributed by atoms with van der Waals surface area (Å²) < 4.78 is 26.3. The largest absolute Gasteiger partial charge is 0.240 e. The SMILES string of the molecule is CC[C@@H](C)c1ccc(S(=O)(=O)NC(C)C)cc1. The van der Waals surface area contributed by atoms with E-state index in [9.17, 15) is 8.42 Å². The minimum atomic E-state index is -3.36. The van der Waals surface area contributed by atoms with E-state index in [1.54, 1.807) is 12.1 Å². The summed E-state index contributed by atoms with van der Waals surface area (Å²) in [7, 11) is -3.36. The Bertz CT molecular complexity index is 449. The van der Waals surface area contributed by atoms with Crippen molar-refractivity contribution in [2.45, 2.75) is 51.0 Å². The van der Waals surface area contributed by atoms with Crippen molar-refractivity contribution in [3.8, 4) is 0 Å². The highest BCUT2D eigenvalue weighted by Gasteiger charge is 2.15. The minimum Gasteiger partial charge on any atom is -0.209 e. The van der Waals surface area contributed by atoms with E-state index in [0.717, 1.165) is 6.42 Å². The fourth-order valence-corrected chi connectivity index (χ4v) is 2.84. The van der Waals surface area contributed by atoms with Crippen molar-refractivity contribution < 1.29 is 8.42 Å². The van der Waals surface area contributed by atoms with E-state index in [1.807, 2.05) is 26.0 Å². The molecule has 1 rings (SSSR count). The molecule has 1 atom stereocenters. The molecule has 0 fully saturated rings. The predicted octanol–water partition coefficient (Wildman–Crippen LogP) is 2.89. The Balaban J connectivity index is 2.95. The van der Waals surface area contributed by atoms with E-state index in [2.05, 4.69) is 18.6 Å². The summed E-state index contributed by atoms with van der Waals surface area (Å²) in [6, 6.07) is 7.04. The van der Waals surface area contributed by atoms with Crippen LogP contribution in [0.25, 0.3) is 0 Å². The van der Waals surface area contributed by atoms with Gasteiger partial charge in [-0.1, -0.05) is 26.0 Å². The molecule has 17 heavy (non-hydrogen) atoms. The summed E-state index contributed by atoms with van der Waals surface area (Å²) in [5.74, 6) is 0.463. The van der Waals surface area contributed by atoms with E-state index in [0.29, 0.717) is 10.8 Å². The summed E-state index contributed by atoms with van der Waals surface area (Å²) in [6.45, 7) is 7.88. The topological polar surface area (TPSA) is 46.2 Å². The number of benzene rings is 1. The molecule has 0 bridgehead atoms. The number of nitrogens with one attached hydrogen (secondary N) is 1. The Hall–Kier alpha value is -0.870. The first kappa shape index (κ1) is 14.2. The lowest BCUT2D eigenvalue weighted by Crippen LogP contribution is -2.30. The molecule has 0 aliphatic carbocycles. The third-order valence-corrected chi connectivity index (χ3v) is 4.44. The lowest BCUT2D eigenvalue weighted by Gasteiger charge is -2.12. The van der Waals surface area contributed by atoms with Gasteiger partial charge in [-0.15, -0.1) is 0 Å². The number of hydrogen-bond acceptors (Lipinski definition) is 2. The summed E-state index contributed by atoms with van der Waals surface area (Å²) in [4.78, 5) is 0.332. The highest BCUT2D eigenvalue weighted by Crippen LogP contribution is 2.20. The van der Waals surface area contributed by atoms with Crippen LogP contribution in [0.15, 0.2) is 29.2 Å². The molecule has 0 spiro atoms. The van der Waals surface area contributed by atoms with E-state index < -0.39 is 10.0 Å². The molecule has 0 heterocycles. The molecule has 0 saturated heterocycles. The fourth-order valence-electron chi connectivity index (χ4n) is 1.59. The van der Waals surface area contributed by atoms with E-state index in [1.165, 1.54) is 5.56 Å². The van der Waals surface area contributed by atoms with Crippen molar-refractivity contribution in [1.29, 1.82) is 0 Å². The normalized spacial score (nSPS) is 13.9. The first-order valence-corrected chi connectivity index (χ1v) is 7.47. The van der Waals surface area contributed by atoms with Gasteiger partial charge in [-0.05, 0) is 43.9 Å². The fraction of sp³-hybridized carbons (Fsp3) is 0.538. The van der Waals surface area contributed by atoms with Crippen LogP contribution in [0.5, 0.6) is 0 Å². The average molecular weight is 255 g/mol. The molecule has 96 valence electrons. The van der Waals surface area contributed by atoms with E-state index >= 15 is 0 Å². The maximum Gasteiger partial charge on any atom is 0.240 e. The van der Waals surface area contributed by atoms with Gasteiger partial charge in [0.2, 0.25) is 10.0 Å². The van der Waals surface area contributed by atoms with Crippen LogP contribution in [0.1, 0.15) is 45.6 Å². The van der Waals surface area contributed by atoms with E-state index in [4.69, 9.17) is 0 Å². The molecule has 1 aromatic rings. The Morgan fingerprint density at radius 3 is 2.06 bits per heavy atom. The van der Waals surface area contributed by atoms with Gasteiger partial charge in [0.1, 0.15) is 0 Å². The molecule has 3 nitrogen and oxygen atoms in total. The monoisotopic (exact) mass is 255 g/mol. The van der Waals surface area contributed by atoms with Crippen molar-refractivity contribution in [3.63, 3.8) is 0 Å². The van der Waals surface area contributed by atoms with Crippen LogP contribution in [-0.4, -0.2) is 14.5 Å². The minimum absolute atomic E-state index is 0.0887. The molecule has 1 aromatic carbocycles. The van der Waals surface area contributed by atoms with Crippen molar-refractivity contribution in [2.24, 2.45) is 0 Å². The van der Waals surface area contributed by atoms with Gasteiger partial charge < -0.3 is 0 Å². The number of sulfonamides is 1. The average Bonchev–Trinajstić information content (AvgIpc) is 2.26. The Labute approximate surface area is 104 Å². The first-order chi connectivity index (χ1) is 7.86. The van der Waals surface area contributed by atoms with Crippen molar-refractivity contribution in [2.75, 3.05) is 0 Å². The van der Waals surface area contributed by atoms with E-state index in [-0.39, 0.29) is 6.04 Å². The van der Waals surface area contributed by atoms with Crippen LogP contribution in [0.3, 0.4) is 0 Å². The lowest BCUT2D eigenvalue weighted by atomic mass is 9.99. The van der Waals surface area contributed by atoms with Crippen LogP contribution in [0.4, 0.5) is 0 Å². The van der Waals surface area contributed by atoms with Crippen molar-refractivity contribution in [3.05, 3.63) is 29.8 Å². The quantitative estimate of drug-likeness (QED) is 0.879. The smallest absolute Gasteiger partial charge is 0.209 e. The van der Waals surface area contributed by atoms with Crippen LogP contribution < -0.4 is 4.72 Å². The standard InChI is InChI=1S/C13H21NO2S/c1-5-11(4)12-6-8-13(9-7-12)17(15,16)14-10(2)3/h6-11,14H,5H2,1-4H3/t11-/m1/s1. The van der Waals surface area contributed by atoms with Gasteiger partial charge in [-0.3, -0.25) is 0 Å². The second kappa shape index (κ2) is 5.65. The van der Waals surface area contributed by atoms with Crippen molar-refractivity contribution in [1.82, 2.24) is 4.72 Å². The van der Waals surface area contributed by atoms with Gasteiger partial charge in [0.25, 0.3) is 0 Å². The van der Waals surface area contributed by atoms with Gasteiger partial charge in [-0.25, -0.2) is 13.1 Å². The Kier molecular flexibility index (Phi) is 4.71. The van der Waals surface area contributed by atoms with Gasteiger partial charge in [0.05, 0.1) is 4.90 Å². The van der Waals surface area contributed by atoms with Gasteiger partial charge in [0.15, 0.2) is 0 Å². The van der Waals surface area contributed by atoms with Crippen LogP contribution >= 0.6 is 0 Å². The molecule has 0 amide bonds. The van der Waals surface area contributed by atoms with Crippen LogP contribution in [-0.2, 0) is 10.0 Å². The van der Waals surface area contributed by atoms with Gasteiger partial charge in [0, 0.05) is 6.04 Å². The Morgan fingerprint density at radius 1 is 1.12 bits per heavy atom. The van der Waals surface area contributed by atoms with Crippen molar-refractivity contribution >= 4 is 10.0 Å². The molecule has 1 N–H and O–H groups in total. The molecular weight excluding hydrogens is 234 g/mol. The Morgan fingerprint density at radius 2 is 1.65 bits per heavy atom. The number of hydrogen-bond donors (Lipinski definition) is 1. The summed E-state index contributed by atoms with van der Waals surface area (Å²) in [5.41, 5.74) is 1.18. The molecule has 0 radical (unpaired) electrons. The van der Waals surface area contributed by atoms with Gasteiger partial charge >= 0.3 is 0 Å². The highest BCUT2D eigenvalue weighted by molar-refractivity contribution is 7.89. The first-order valence-electron chi connectivity index (χ1n) is 5.99. The van der Waals surface area contributed by atoms with Crippen LogP contribution in [0, 0.1) is 0 Å². The summed E-state index contributed by atoms with van der Waals surface area (Å²) >= 11 is 0. The maximum atomic E-state index is 11.9. The molecule has 0 unspecified atom stereocenters. The zero-order chi connectivity index (χ0) is 13.1. The second-order valence-electron chi connectivity index (χ2n) is 4.65. The summed E-state index contributed by atoms with van der Waals surface area (Å²) in [5, 5.41) is 0. The molecule has 0 aliphatic heterocycles. The second-order valence-corrected chi connectivity index (χ2v) is 6.37. The zero-order valence-corrected chi connectivity index (χ0v) is 11.7. The van der Waals surface area contributed by atoms with Gasteiger partial charge in [-0.2, -0.15) is 0 Å². The predicted molar refractivity (Wildman–Crippen MR) is 70.6 cm³/mol. The molecule has 4 heteroatoms. The van der Waals surface area contributed by atoms with Crippen LogP contribution in [0.2, 0.25) is 0 Å².